The van der Waals surface area contributed by atoms with Crippen LogP contribution in [0.1, 0.15) is 27.7 Å². The van der Waals surface area contributed by atoms with E-state index in [-0.39, 0.29) is 5.91 Å². The molecule has 1 amide bonds. The van der Waals surface area contributed by atoms with Gasteiger partial charge in [0.15, 0.2) is 5.96 Å². The summed E-state index contributed by atoms with van der Waals surface area (Å²) in [5, 5.41) is 11.6. The van der Waals surface area contributed by atoms with Gasteiger partial charge >= 0.3 is 0 Å². The maximum atomic E-state index is 12.3. The zero-order valence-electron chi connectivity index (χ0n) is 16.3. The predicted octanol–water partition coefficient (Wildman–Crippen LogP) is 2.29. The van der Waals surface area contributed by atoms with E-state index in [0.717, 1.165) is 31.2 Å². The number of thiophene rings is 1. The van der Waals surface area contributed by atoms with Gasteiger partial charge in [0.05, 0.1) is 13.1 Å². The highest BCUT2D eigenvalue weighted by Gasteiger charge is 2.06. The molecule has 146 valence electrons. The van der Waals surface area contributed by atoms with Crippen molar-refractivity contribution >= 4 is 23.2 Å². The second kappa shape index (κ2) is 11.4. The number of nitrogens with one attached hydrogen (secondary N) is 3. The smallest absolute Gasteiger partial charge is 0.251 e. The van der Waals surface area contributed by atoms with Crippen LogP contribution in [0.2, 0.25) is 0 Å². The number of nitrogens with zero attached hydrogens (tertiary/aromatic N) is 2. The average molecular weight is 388 g/mol. The Morgan fingerprint density at radius 3 is 2.70 bits per heavy atom. The first-order valence-corrected chi connectivity index (χ1v) is 10.0. The van der Waals surface area contributed by atoms with Crippen LogP contribution in [0.15, 0.2) is 46.8 Å². The third kappa shape index (κ3) is 7.80. The molecular weight excluding hydrogens is 358 g/mol. The Morgan fingerprint density at radius 2 is 2.00 bits per heavy atom. The normalized spacial score (nSPS) is 11.5. The quantitative estimate of drug-likeness (QED) is 0.456. The summed E-state index contributed by atoms with van der Waals surface area (Å²) in [5.74, 6) is 0.720. The Hall–Kier alpha value is -2.38. The largest absolute Gasteiger partial charge is 0.357 e. The summed E-state index contributed by atoms with van der Waals surface area (Å²) in [6.07, 6.45) is 0. The van der Waals surface area contributed by atoms with E-state index in [1.54, 1.807) is 11.3 Å². The number of hydrogen-bond donors (Lipinski definition) is 3. The predicted molar refractivity (Wildman–Crippen MR) is 113 cm³/mol. The molecule has 0 saturated heterocycles. The van der Waals surface area contributed by atoms with E-state index in [1.165, 1.54) is 4.88 Å². The summed E-state index contributed by atoms with van der Waals surface area (Å²) in [7, 11) is 3.97. The van der Waals surface area contributed by atoms with E-state index in [2.05, 4.69) is 32.4 Å². The lowest BCUT2D eigenvalue weighted by Gasteiger charge is -2.11. The molecule has 0 spiro atoms. The molecule has 0 radical (unpaired) electrons. The molecule has 6 nitrogen and oxygen atoms in total. The highest BCUT2D eigenvalue weighted by molar-refractivity contribution is 7.09. The fraction of sp³-hybridized carbons (Fsp3) is 0.400. The minimum Gasteiger partial charge on any atom is -0.357 e. The van der Waals surface area contributed by atoms with Gasteiger partial charge in [0.1, 0.15) is 0 Å². The molecule has 0 aliphatic rings. The molecule has 1 heterocycles. The Balaban J connectivity index is 1.93. The van der Waals surface area contributed by atoms with Crippen molar-refractivity contribution in [3.05, 3.63) is 57.8 Å². The maximum Gasteiger partial charge on any atom is 0.251 e. The first kappa shape index (κ1) is 20.9. The minimum absolute atomic E-state index is 0.0505. The van der Waals surface area contributed by atoms with Crippen LogP contribution in [0.3, 0.4) is 0 Å². The van der Waals surface area contributed by atoms with Crippen LogP contribution in [-0.4, -0.2) is 50.5 Å². The molecule has 27 heavy (non-hydrogen) atoms. The molecule has 0 bridgehead atoms. The van der Waals surface area contributed by atoms with Crippen LogP contribution >= 0.6 is 11.3 Å². The number of amides is 1. The number of guanidine groups is 1. The molecule has 2 aromatic rings. The van der Waals surface area contributed by atoms with Crippen molar-refractivity contribution in [2.75, 3.05) is 33.7 Å². The van der Waals surface area contributed by atoms with Gasteiger partial charge < -0.3 is 20.9 Å². The second-order valence-electron chi connectivity index (χ2n) is 6.39. The standard InChI is InChI=1S/C20H29N5OS/c1-4-21-20(24-15-18-9-6-12-27-18)23-14-16-7-5-8-17(13-16)19(26)22-10-11-25(2)3/h5-9,12-13H,4,10-11,14-15H2,1-3H3,(H,22,26)(H2,21,23,24). The lowest BCUT2D eigenvalue weighted by atomic mass is 10.1. The van der Waals surface area contributed by atoms with Crippen molar-refractivity contribution in [3.8, 4) is 0 Å². The molecule has 0 fully saturated rings. The van der Waals surface area contributed by atoms with Gasteiger partial charge in [-0.05, 0) is 50.2 Å². The van der Waals surface area contributed by atoms with Gasteiger partial charge in [-0.2, -0.15) is 0 Å². The summed E-state index contributed by atoms with van der Waals surface area (Å²) < 4.78 is 0. The van der Waals surface area contributed by atoms with E-state index >= 15 is 0 Å². The van der Waals surface area contributed by atoms with Crippen molar-refractivity contribution in [2.24, 2.45) is 4.99 Å². The first-order valence-electron chi connectivity index (χ1n) is 9.15. The Labute approximate surface area is 165 Å². The summed E-state index contributed by atoms with van der Waals surface area (Å²) in [6, 6.07) is 11.8. The molecule has 0 atom stereocenters. The van der Waals surface area contributed by atoms with E-state index in [0.29, 0.717) is 18.7 Å². The maximum absolute atomic E-state index is 12.3. The molecule has 0 aliphatic carbocycles. The molecule has 0 unspecified atom stereocenters. The van der Waals surface area contributed by atoms with Crippen molar-refractivity contribution < 1.29 is 4.79 Å². The molecule has 0 aliphatic heterocycles. The fourth-order valence-electron chi connectivity index (χ4n) is 2.40. The third-order valence-corrected chi connectivity index (χ3v) is 4.68. The van der Waals surface area contributed by atoms with Crippen molar-refractivity contribution in [1.82, 2.24) is 20.9 Å². The molecule has 1 aromatic carbocycles. The van der Waals surface area contributed by atoms with Crippen LogP contribution in [0.4, 0.5) is 0 Å². The molecular formula is C20H29N5OS. The number of carbonyl (C=O) groups excluding carboxylic acids is 1. The Kier molecular flexibility index (Phi) is 8.80. The zero-order valence-corrected chi connectivity index (χ0v) is 17.1. The summed E-state index contributed by atoms with van der Waals surface area (Å²) in [5.41, 5.74) is 1.67. The van der Waals surface area contributed by atoms with E-state index < -0.39 is 0 Å². The minimum atomic E-state index is -0.0505. The average Bonchev–Trinajstić information content (AvgIpc) is 3.17. The number of likely N-dealkylation sites (N-methyl/N-ethyl adjacent to an activating group) is 1. The topological polar surface area (TPSA) is 68.8 Å². The molecule has 7 heteroatoms. The number of rotatable bonds is 9. The number of aliphatic imine (C=N–C) groups is 1. The van der Waals surface area contributed by atoms with Gasteiger partial charge in [-0.25, -0.2) is 4.99 Å². The van der Waals surface area contributed by atoms with Crippen molar-refractivity contribution in [1.29, 1.82) is 0 Å². The van der Waals surface area contributed by atoms with Gasteiger partial charge in [0.2, 0.25) is 0 Å². The Bertz CT molecular complexity index is 728. The molecule has 2 rings (SSSR count). The number of hydrogen-bond acceptors (Lipinski definition) is 4. The van der Waals surface area contributed by atoms with Crippen LogP contribution < -0.4 is 16.0 Å². The third-order valence-electron chi connectivity index (χ3n) is 3.81. The lowest BCUT2D eigenvalue weighted by molar-refractivity contribution is 0.0951. The lowest BCUT2D eigenvalue weighted by Crippen LogP contribution is -2.36. The summed E-state index contributed by atoms with van der Waals surface area (Å²) >= 11 is 1.72. The summed E-state index contributed by atoms with van der Waals surface area (Å²) in [6.45, 7) is 5.55. The summed E-state index contributed by atoms with van der Waals surface area (Å²) in [4.78, 5) is 20.2. The number of benzene rings is 1. The van der Waals surface area contributed by atoms with Crippen molar-refractivity contribution in [3.63, 3.8) is 0 Å². The van der Waals surface area contributed by atoms with E-state index in [4.69, 9.17) is 0 Å². The SMILES string of the molecule is CCNC(=NCc1cccc(C(=O)NCCN(C)C)c1)NCc1cccs1. The van der Waals surface area contributed by atoms with E-state index in [9.17, 15) is 4.79 Å². The molecule has 1 aromatic heterocycles. The van der Waals surface area contributed by atoms with Gasteiger partial charge in [-0.1, -0.05) is 18.2 Å². The van der Waals surface area contributed by atoms with Gasteiger partial charge in [-0.3, -0.25) is 4.79 Å². The zero-order chi connectivity index (χ0) is 19.5. The fourth-order valence-corrected chi connectivity index (χ4v) is 3.05. The van der Waals surface area contributed by atoms with Crippen LogP contribution in [0.5, 0.6) is 0 Å². The highest BCUT2D eigenvalue weighted by atomic mass is 32.1. The Morgan fingerprint density at radius 1 is 1.15 bits per heavy atom. The van der Waals surface area contributed by atoms with E-state index in [1.807, 2.05) is 56.3 Å². The van der Waals surface area contributed by atoms with Crippen LogP contribution in [0, 0.1) is 0 Å². The van der Waals surface area contributed by atoms with Gasteiger partial charge in [0.25, 0.3) is 5.91 Å². The van der Waals surface area contributed by atoms with Gasteiger partial charge in [0, 0.05) is 30.1 Å². The highest BCUT2D eigenvalue weighted by Crippen LogP contribution is 2.08. The molecule has 3 N–H and O–H groups in total. The monoisotopic (exact) mass is 387 g/mol. The van der Waals surface area contributed by atoms with Crippen LogP contribution in [-0.2, 0) is 13.1 Å². The second-order valence-corrected chi connectivity index (χ2v) is 7.42. The van der Waals surface area contributed by atoms with Crippen molar-refractivity contribution in [2.45, 2.75) is 20.0 Å². The van der Waals surface area contributed by atoms with Gasteiger partial charge in [-0.15, -0.1) is 11.3 Å². The number of carbonyl (C=O) groups is 1. The first-order chi connectivity index (χ1) is 13.1. The van der Waals surface area contributed by atoms with Crippen LogP contribution in [0.25, 0.3) is 0 Å². The molecule has 0 saturated carbocycles.